The largest absolute Gasteiger partial charge is 0.497 e. The Labute approximate surface area is 150 Å². The third kappa shape index (κ3) is 4.20. The van der Waals surface area contributed by atoms with Gasteiger partial charge in [-0.1, -0.05) is 17.7 Å². The van der Waals surface area contributed by atoms with E-state index in [1.54, 1.807) is 7.11 Å². The molecule has 1 N–H and O–H groups in total. The summed E-state index contributed by atoms with van der Waals surface area (Å²) in [6.07, 6.45) is 0. The molecule has 132 valence electrons. The Morgan fingerprint density at radius 2 is 1.76 bits per heavy atom. The lowest BCUT2D eigenvalue weighted by Gasteiger charge is -2.32. The van der Waals surface area contributed by atoms with Crippen LogP contribution in [-0.4, -0.2) is 44.1 Å². The van der Waals surface area contributed by atoms with Gasteiger partial charge in [0.15, 0.2) is 0 Å². The minimum atomic E-state index is 0.171. The standard InChI is InChI=1S/C21H26N2O2/c1-16-4-5-17(2)20(14-16)21(24)23-12-10-22(11-13-23)15-18-6-8-19(25-3)9-7-18/h4-9,14H,10-13,15H2,1-3H3/p+1. The van der Waals surface area contributed by atoms with E-state index in [0.29, 0.717) is 0 Å². The zero-order chi connectivity index (χ0) is 17.8. The minimum absolute atomic E-state index is 0.171. The summed E-state index contributed by atoms with van der Waals surface area (Å²) in [6, 6.07) is 14.4. The number of carbonyl (C=O) groups is 1. The Balaban J connectivity index is 1.57. The topological polar surface area (TPSA) is 34.0 Å². The number of hydrogen-bond donors (Lipinski definition) is 1. The maximum atomic E-state index is 12.8. The van der Waals surface area contributed by atoms with Gasteiger partial charge in [0, 0.05) is 11.1 Å². The van der Waals surface area contributed by atoms with Gasteiger partial charge in [0.1, 0.15) is 12.3 Å². The summed E-state index contributed by atoms with van der Waals surface area (Å²) in [5.74, 6) is 1.06. The van der Waals surface area contributed by atoms with Crippen LogP contribution in [0.3, 0.4) is 0 Å². The van der Waals surface area contributed by atoms with Crippen LogP contribution in [0.5, 0.6) is 5.75 Å². The third-order valence-corrected chi connectivity index (χ3v) is 4.99. The molecule has 0 bridgehead atoms. The van der Waals surface area contributed by atoms with Gasteiger partial charge in [-0.15, -0.1) is 0 Å². The summed E-state index contributed by atoms with van der Waals surface area (Å²) in [7, 11) is 1.69. The molecule has 0 radical (unpaired) electrons. The molecule has 0 aromatic heterocycles. The Morgan fingerprint density at radius 1 is 1.08 bits per heavy atom. The SMILES string of the molecule is COc1ccc(C[NH+]2CCN(C(=O)c3cc(C)ccc3C)CC2)cc1. The van der Waals surface area contributed by atoms with Gasteiger partial charge in [0.2, 0.25) is 0 Å². The van der Waals surface area contributed by atoms with E-state index >= 15 is 0 Å². The lowest BCUT2D eigenvalue weighted by atomic mass is 10.0. The summed E-state index contributed by atoms with van der Waals surface area (Å²) in [6.45, 7) is 8.65. The van der Waals surface area contributed by atoms with Crippen molar-refractivity contribution in [3.63, 3.8) is 0 Å². The van der Waals surface area contributed by atoms with Crippen molar-refractivity contribution in [1.29, 1.82) is 0 Å². The zero-order valence-corrected chi connectivity index (χ0v) is 15.3. The number of quaternary nitrogens is 1. The molecule has 4 nitrogen and oxygen atoms in total. The van der Waals surface area contributed by atoms with E-state index in [9.17, 15) is 4.79 Å². The van der Waals surface area contributed by atoms with Gasteiger partial charge in [0.05, 0.1) is 33.3 Å². The van der Waals surface area contributed by atoms with Gasteiger partial charge < -0.3 is 14.5 Å². The van der Waals surface area contributed by atoms with Gasteiger partial charge in [-0.25, -0.2) is 0 Å². The fraction of sp³-hybridized carbons (Fsp3) is 0.381. The minimum Gasteiger partial charge on any atom is -0.497 e. The van der Waals surface area contributed by atoms with Crippen molar-refractivity contribution in [1.82, 2.24) is 4.90 Å². The first-order chi connectivity index (χ1) is 12.1. The van der Waals surface area contributed by atoms with Gasteiger partial charge in [-0.2, -0.15) is 0 Å². The molecule has 0 aliphatic carbocycles. The number of hydrogen-bond acceptors (Lipinski definition) is 2. The highest BCUT2D eigenvalue weighted by molar-refractivity contribution is 5.95. The average molecular weight is 339 g/mol. The van der Waals surface area contributed by atoms with E-state index in [1.165, 1.54) is 10.5 Å². The Hall–Kier alpha value is -2.33. The first-order valence-corrected chi connectivity index (χ1v) is 8.90. The fourth-order valence-electron chi connectivity index (χ4n) is 3.37. The van der Waals surface area contributed by atoms with Crippen LogP contribution in [0, 0.1) is 13.8 Å². The molecule has 0 atom stereocenters. The lowest BCUT2D eigenvalue weighted by Crippen LogP contribution is -3.13. The first-order valence-electron chi connectivity index (χ1n) is 8.90. The van der Waals surface area contributed by atoms with Crippen molar-refractivity contribution in [3.8, 4) is 5.75 Å². The van der Waals surface area contributed by atoms with Crippen molar-refractivity contribution >= 4 is 5.91 Å². The van der Waals surface area contributed by atoms with Crippen LogP contribution < -0.4 is 9.64 Å². The molecular formula is C21H27N2O2+. The molecule has 25 heavy (non-hydrogen) atoms. The highest BCUT2D eigenvalue weighted by atomic mass is 16.5. The molecule has 1 aliphatic heterocycles. The molecule has 2 aromatic rings. The summed E-state index contributed by atoms with van der Waals surface area (Å²) >= 11 is 0. The Morgan fingerprint density at radius 3 is 2.40 bits per heavy atom. The number of benzene rings is 2. The molecule has 2 aromatic carbocycles. The van der Waals surface area contributed by atoms with Crippen LogP contribution in [-0.2, 0) is 6.54 Å². The number of aryl methyl sites for hydroxylation is 2. The molecule has 1 fully saturated rings. The maximum absolute atomic E-state index is 12.8. The number of ether oxygens (including phenoxy) is 1. The van der Waals surface area contributed by atoms with E-state index in [-0.39, 0.29) is 5.91 Å². The Bertz CT molecular complexity index is 732. The van der Waals surface area contributed by atoms with Crippen molar-refractivity contribution in [2.75, 3.05) is 33.3 Å². The van der Waals surface area contributed by atoms with Gasteiger partial charge >= 0.3 is 0 Å². The van der Waals surface area contributed by atoms with E-state index in [1.807, 2.05) is 43.0 Å². The molecule has 1 aliphatic rings. The molecule has 4 heteroatoms. The second-order valence-corrected chi connectivity index (χ2v) is 6.89. The van der Waals surface area contributed by atoms with Crippen LogP contribution >= 0.6 is 0 Å². The van der Waals surface area contributed by atoms with Gasteiger partial charge in [0.25, 0.3) is 5.91 Å². The molecular weight excluding hydrogens is 312 g/mol. The van der Waals surface area contributed by atoms with Gasteiger partial charge in [-0.3, -0.25) is 4.79 Å². The van der Waals surface area contributed by atoms with Crippen LogP contribution in [0.15, 0.2) is 42.5 Å². The molecule has 3 rings (SSSR count). The van der Waals surface area contributed by atoms with Crippen molar-refractivity contribution in [3.05, 3.63) is 64.7 Å². The van der Waals surface area contributed by atoms with E-state index in [4.69, 9.17) is 4.74 Å². The van der Waals surface area contributed by atoms with Crippen LogP contribution in [0.1, 0.15) is 27.0 Å². The number of piperazine rings is 1. The molecule has 1 saturated heterocycles. The quantitative estimate of drug-likeness (QED) is 0.922. The normalized spacial score (nSPS) is 15.2. The van der Waals surface area contributed by atoms with Crippen LogP contribution in [0.4, 0.5) is 0 Å². The number of rotatable bonds is 4. The average Bonchev–Trinajstić information content (AvgIpc) is 2.64. The van der Waals surface area contributed by atoms with Crippen molar-refractivity contribution in [2.45, 2.75) is 20.4 Å². The Kier molecular flexibility index (Phi) is 5.39. The van der Waals surface area contributed by atoms with Crippen LogP contribution in [0.25, 0.3) is 0 Å². The predicted octanol–water partition coefficient (Wildman–Crippen LogP) is 1.85. The summed E-state index contributed by atoms with van der Waals surface area (Å²) < 4.78 is 5.21. The highest BCUT2D eigenvalue weighted by Crippen LogP contribution is 2.14. The summed E-state index contributed by atoms with van der Waals surface area (Å²) in [4.78, 5) is 16.3. The van der Waals surface area contributed by atoms with E-state index in [2.05, 4.69) is 18.2 Å². The summed E-state index contributed by atoms with van der Waals surface area (Å²) in [5, 5.41) is 0. The lowest BCUT2D eigenvalue weighted by molar-refractivity contribution is -0.917. The van der Waals surface area contributed by atoms with Gasteiger partial charge in [-0.05, 0) is 49.7 Å². The number of nitrogens with zero attached hydrogens (tertiary/aromatic N) is 1. The third-order valence-electron chi connectivity index (χ3n) is 4.99. The fourth-order valence-corrected chi connectivity index (χ4v) is 3.37. The zero-order valence-electron chi connectivity index (χ0n) is 15.3. The second-order valence-electron chi connectivity index (χ2n) is 6.89. The highest BCUT2D eigenvalue weighted by Gasteiger charge is 2.25. The van der Waals surface area contributed by atoms with Crippen molar-refractivity contribution < 1.29 is 14.4 Å². The molecule has 1 amide bonds. The number of amides is 1. The number of nitrogens with one attached hydrogen (secondary N) is 1. The maximum Gasteiger partial charge on any atom is 0.254 e. The first kappa shape index (κ1) is 17.5. The molecule has 0 spiro atoms. The predicted molar refractivity (Wildman–Crippen MR) is 99.2 cm³/mol. The molecule has 0 saturated carbocycles. The molecule has 1 heterocycles. The van der Waals surface area contributed by atoms with Crippen LogP contribution in [0.2, 0.25) is 0 Å². The second kappa shape index (κ2) is 7.70. The smallest absolute Gasteiger partial charge is 0.254 e. The van der Waals surface area contributed by atoms with E-state index in [0.717, 1.165) is 55.2 Å². The monoisotopic (exact) mass is 339 g/mol. The number of methoxy groups -OCH3 is 1. The van der Waals surface area contributed by atoms with E-state index < -0.39 is 0 Å². The number of carbonyl (C=O) groups excluding carboxylic acids is 1. The molecule has 0 unspecified atom stereocenters. The summed E-state index contributed by atoms with van der Waals surface area (Å²) in [5.41, 5.74) is 4.35. The van der Waals surface area contributed by atoms with Crippen molar-refractivity contribution in [2.24, 2.45) is 0 Å².